The number of amides is 1. The van der Waals surface area contributed by atoms with Crippen LogP contribution in [-0.4, -0.2) is 119 Å². The Kier molecular flexibility index (Phi) is 12.2. The summed E-state index contributed by atoms with van der Waals surface area (Å²) in [6.07, 6.45) is 0. The van der Waals surface area contributed by atoms with Gasteiger partial charge >= 0.3 is 0 Å². The standard InChI is InChI=1S/C47H55FN16O3/c1-25-23-66-16-14-61(25)40-20-36(55-46(57-40)63-38-13-11-10-12-34(38)53-45(63)52-31(7)65)42(27(3)49)28(4)51-22-32-18-35-39(19-33(32)48)64(44(50-8)54-35)47-56-37(43-29(5)59-60(9)30(43)6)21-41(58-47)62-15-17-67-24-26(62)2/h10-13,18-21,25-26,49,51H,14-17,22-24H2,1-9H3,(H,50,54)(H,52,53,65)/b42-28+,49-27?/t25-,26-/m1/s1. The molecular weight excluding hydrogens is 856 g/mol. The van der Waals surface area contributed by atoms with E-state index in [0.717, 1.165) is 22.8 Å². The fourth-order valence-electron chi connectivity index (χ4n) is 8.97. The zero-order chi connectivity index (χ0) is 47.3. The van der Waals surface area contributed by atoms with Gasteiger partial charge in [-0.1, -0.05) is 12.1 Å². The number of carbonyl (C=O) groups is 1. The third-order valence-corrected chi connectivity index (χ3v) is 12.3. The average Bonchev–Trinajstić information content (AvgIpc) is 3.93. The number of morpholine rings is 2. The highest BCUT2D eigenvalue weighted by Gasteiger charge is 2.28. The van der Waals surface area contributed by atoms with Gasteiger partial charge in [0.25, 0.3) is 0 Å². The monoisotopic (exact) mass is 910 g/mol. The number of benzene rings is 2. The van der Waals surface area contributed by atoms with Crippen molar-refractivity contribution in [1.29, 1.82) is 5.41 Å². The normalized spacial score (nSPS) is 17.0. The van der Waals surface area contributed by atoms with Crippen LogP contribution in [0.15, 0.2) is 54.2 Å². The molecule has 19 nitrogen and oxygen atoms in total. The Morgan fingerprint density at radius 3 is 2.09 bits per heavy atom. The maximum atomic E-state index is 16.6. The van der Waals surface area contributed by atoms with Crippen molar-refractivity contribution in [3.63, 3.8) is 0 Å². The number of hydrogen-bond donors (Lipinski definition) is 4. The molecule has 0 radical (unpaired) electrons. The highest BCUT2D eigenvalue weighted by Crippen LogP contribution is 2.34. The number of aryl methyl sites for hydroxylation is 2. The fraction of sp³-hybridized carbons (Fsp3) is 0.383. The van der Waals surface area contributed by atoms with Crippen LogP contribution < -0.4 is 25.8 Å². The predicted octanol–water partition coefficient (Wildman–Crippen LogP) is 6.11. The third kappa shape index (κ3) is 8.53. The topological polar surface area (TPSA) is 207 Å². The first kappa shape index (κ1) is 44.9. The molecular formula is C47H55FN16O3. The lowest BCUT2D eigenvalue weighted by Crippen LogP contribution is -2.44. The molecule has 9 rings (SSSR count). The molecule has 4 N–H and O–H groups in total. The maximum absolute atomic E-state index is 16.6. The largest absolute Gasteiger partial charge is 0.384 e. The van der Waals surface area contributed by atoms with Crippen LogP contribution in [0.5, 0.6) is 0 Å². The molecule has 0 aliphatic carbocycles. The molecule has 0 spiro atoms. The van der Waals surface area contributed by atoms with Crippen LogP contribution in [0.2, 0.25) is 0 Å². The molecule has 2 aliphatic heterocycles. The van der Waals surface area contributed by atoms with E-state index in [1.807, 2.05) is 68.9 Å². The van der Waals surface area contributed by atoms with Crippen LogP contribution in [0, 0.1) is 25.1 Å². The fourth-order valence-corrected chi connectivity index (χ4v) is 8.97. The molecule has 2 aliphatic rings. The second-order valence-corrected chi connectivity index (χ2v) is 17.1. The smallest absolute Gasteiger partial charge is 0.239 e. The molecule has 2 atom stereocenters. The molecule has 20 heteroatoms. The van der Waals surface area contributed by atoms with Crippen molar-refractivity contribution in [2.45, 2.75) is 67.1 Å². The quantitative estimate of drug-likeness (QED) is 0.102. The number of fused-ring (bicyclic) bond motifs is 2. The number of halogens is 1. The van der Waals surface area contributed by atoms with Gasteiger partial charge in [0.2, 0.25) is 29.7 Å². The van der Waals surface area contributed by atoms with Crippen molar-refractivity contribution < 1.29 is 18.7 Å². The van der Waals surface area contributed by atoms with E-state index in [4.69, 9.17) is 44.8 Å². The summed E-state index contributed by atoms with van der Waals surface area (Å²) in [5.41, 5.74) is 7.87. The first-order valence-corrected chi connectivity index (χ1v) is 22.3. The van der Waals surface area contributed by atoms with Crippen LogP contribution in [0.3, 0.4) is 0 Å². The van der Waals surface area contributed by atoms with Gasteiger partial charge in [0.1, 0.15) is 17.5 Å². The number of aromatic nitrogens is 10. The lowest BCUT2D eigenvalue weighted by Gasteiger charge is -2.34. The van der Waals surface area contributed by atoms with E-state index in [9.17, 15) is 4.79 Å². The summed E-state index contributed by atoms with van der Waals surface area (Å²) in [6, 6.07) is 14.6. The predicted molar refractivity (Wildman–Crippen MR) is 257 cm³/mol. The van der Waals surface area contributed by atoms with Crippen molar-refractivity contribution >= 4 is 62.8 Å². The SMILES string of the molecule is CNc1nc2cc(CN/C(C)=C(\C(C)=N)c3cc(N4CCOC[C@H]4C)nc(-n4c(NC(C)=O)nc5ccccc54)n3)c(F)cc2n1-c1nc(-c2c(C)nn(C)c2C)cc(N2CCOC[C@H]2C)n1. The summed E-state index contributed by atoms with van der Waals surface area (Å²) in [4.78, 5) is 46.6. The number of rotatable bonds is 12. The number of carbonyl (C=O) groups excluding carboxylic acids is 1. The van der Waals surface area contributed by atoms with Gasteiger partial charge in [-0.25, -0.2) is 33.5 Å². The zero-order valence-corrected chi connectivity index (χ0v) is 39.2. The molecule has 2 fully saturated rings. The molecule has 1 amide bonds. The van der Waals surface area contributed by atoms with Gasteiger partial charge < -0.3 is 35.3 Å². The highest BCUT2D eigenvalue weighted by atomic mass is 19.1. The summed E-state index contributed by atoms with van der Waals surface area (Å²) in [5.74, 6) is 1.86. The van der Waals surface area contributed by atoms with E-state index in [2.05, 4.69) is 44.7 Å². The second kappa shape index (κ2) is 18.2. The van der Waals surface area contributed by atoms with E-state index >= 15 is 4.39 Å². The van der Waals surface area contributed by atoms with E-state index in [-0.39, 0.29) is 42.1 Å². The summed E-state index contributed by atoms with van der Waals surface area (Å²) >= 11 is 0. The summed E-state index contributed by atoms with van der Waals surface area (Å²) in [6.45, 7) is 16.5. The Morgan fingerprint density at radius 2 is 1.46 bits per heavy atom. The van der Waals surface area contributed by atoms with Crippen LogP contribution in [0.4, 0.5) is 27.9 Å². The zero-order valence-electron chi connectivity index (χ0n) is 39.2. The number of imidazole rings is 2. The van der Waals surface area contributed by atoms with Crippen molar-refractivity contribution in [2.24, 2.45) is 7.05 Å². The number of nitrogens with one attached hydrogen (secondary N) is 4. The van der Waals surface area contributed by atoms with Gasteiger partial charge in [-0.3, -0.25) is 14.8 Å². The van der Waals surface area contributed by atoms with Gasteiger partial charge in [0, 0.05) is 92.7 Å². The van der Waals surface area contributed by atoms with Gasteiger partial charge in [-0.15, -0.1) is 0 Å². The van der Waals surface area contributed by atoms with E-state index in [0.29, 0.717) is 108 Å². The Hall–Kier alpha value is -7.32. The minimum Gasteiger partial charge on any atom is -0.384 e. The summed E-state index contributed by atoms with van der Waals surface area (Å²) < 4.78 is 33.4. The maximum Gasteiger partial charge on any atom is 0.239 e. The van der Waals surface area contributed by atoms with Gasteiger partial charge in [-0.2, -0.15) is 15.1 Å². The van der Waals surface area contributed by atoms with Crippen LogP contribution in [0.25, 0.3) is 50.8 Å². The van der Waals surface area contributed by atoms with Gasteiger partial charge in [-0.05, 0) is 59.7 Å². The number of anilines is 4. The van der Waals surface area contributed by atoms with Crippen molar-refractivity contribution in [1.82, 2.24) is 54.1 Å². The minimum atomic E-state index is -0.466. The Labute approximate surface area is 387 Å². The summed E-state index contributed by atoms with van der Waals surface area (Å²) in [7, 11) is 3.67. The van der Waals surface area contributed by atoms with E-state index in [1.54, 1.807) is 29.2 Å². The third-order valence-electron chi connectivity index (χ3n) is 12.3. The number of para-hydroxylation sites is 2. The molecule has 348 valence electrons. The second-order valence-electron chi connectivity index (χ2n) is 17.1. The average molecular weight is 911 g/mol. The molecule has 67 heavy (non-hydrogen) atoms. The number of hydrogen-bond acceptors (Lipinski definition) is 15. The van der Waals surface area contributed by atoms with E-state index < -0.39 is 5.82 Å². The Morgan fingerprint density at radius 1 is 0.821 bits per heavy atom. The van der Waals surface area contributed by atoms with Crippen LogP contribution >= 0.6 is 0 Å². The lowest BCUT2D eigenvalue weighted by molar-refractivity contribution is -0.114. The van der Waals surface area contributed by atoms with Crippen molar-refractivity contribution in [3.05, 3.63) is 82.7 Å². The van der Waals surface area contributed by atoms with E-state index in [1.165, 1.54) is 13.0 Å². The molecule has 7 heterocycles. The van der Waals surface area contributed by atoms with Crippen molar-refractivity contribution in [3.8, 4) is 23.2 Å². The van der Waals surface area contributed by atoms with Crippen LogP contribution in [-0.2, 0) is 27.9 Å². The molecule has 7 aromatic rings. The van der Waals surface area contributed by atoms with Crippen molar-refractivity contribution in [2.75, 3.05) is 67.0 Å². The Bertz CT molecular complexity index is 3100. The van der Waals surface area contributed by atoms with Gasteiger partial charge in [0.15, 0.2) is 0 Å². The first-order valence-electron chi connectivity index (χ1n) is 22.3. The Balaban J connectivity index is 1.11. The van der Waals surface area contributed by atoms with Crippen LogP contribution in [0.1, 0.15) is 57.3 Å². The molecule has 0 bridgehead atoms. The molecule has 0 saturated carbocycles. The van der Waals surface area contributed by atoms with Gasteiger partial charge in [0.05, 0.1) is 77.7 Å². The minimum absolute atomic E-state index is 0.00297. The molecule has 0 unspecified atom stereocenters. The number of allylic oxidation sites excluding steroid dienone is 2. The molecule has 5 aromatic heterocycles. The first-order chi connectivity index (χ1) is 32.2. The molecule has 2 aromatic carbocycles. The number of nitrogens with zero attached hydrogens (tertiary/aromatic N) is 12. The lowest BCUT2D eigenvalue weighted by atomic mass is 10.0. The summed E-state index contributed by atoms with van der Waals surface area (Å²) in [5, 5.41) is 23.1. The number of ether oxygens (including phenoxy) is 2. The molecule has 2 saturated heterocycles. The highest BCUT2D eigenvalue weighted by molar-refractivity contribution is 6.21.